The zero-order valence-electron chi connectivity index (χ0n) is 24.5. The molecule has 0 bridgehead atoms. The second-order valence-corrected chi connectivity index (χ2v) is 10.6. The predicted molar refractivity (Wildman–Crippen MR) is 168 cm³/mol. The Morgan fingerprint density at radius 3 is 2.59 bits per heavy atom. The van der Waals surface area contributed by atoms with Gasteiger partial charge in [-0.15, -0.1) is 0 Å². The number of anilines is 2. The van der Waals surface area contributed by atoms with Crippen LogP contribution >= 0.6 is 0 Å². The molecule has 2 heterocycles. The van der Waals surface area contributed by atoms with Crippen LogP contribution in [0.5, 0.6) is 0 Å². The topological polar surface area (TPSA) is 53.1 Å². The molecule has 0 radical (unpaired) electrons. The molecule has 1 fully saturated rings. The van der Waals surface area contributed by atoms with Gasteiger partial charge in [0.25, 0.3) is 0 Å². The Kier molecular flexibility index (Phi) is 9.92. The van der Waals surface area contributed by atoms with Crippen LogP contribution in [0, 0.1) is 6.92 Å². The van der Waals surface area contributed by atoms with E-state index in [2.05, 4.69) is 55.5 Å². The number of aromatic nitrogens is 2. The van der Waals surface area contributed by atoms with Crippen molar-refractivity contribution in [1.29, 1.82) is 0 Å². The predicted octanol–water partition coefficient (Wildman–Crippen LogP) is 9.14. The summed E-state index contributed by atoms with van der Waals surface area (Å²) in [5.74, 6) is -0.818. The summed E-state index contributed by atoms with van der Waals surface area (Å²) in [6, 6.07) is 6.64. The molecular formula is C34H41F2N5. The first kappa shape index (κ1) is 30.0. The Labute approximate surface area is 243 Å². The number of hydrogen-bond donors (Lipinski definition) is 2. The van der Waals surface area contributed by atoms with E-state index in [0.29, 0.717) is 41.3 Å². The van der Waals surface area contributed by atoms with E-state index in [1.165, 1.54) is 24.3 Å². The summed E-state index contributed by atoms with van der Waals surface area (Å²) < 4.78 is 30.4. The summed E-state index contributed by atoms with van der Waals surface area (Å²) in [5, 5.41) is 6.89. The number of hydrogen-bond acceptors (Lipinski definition) is 5. The minimum atomic E-state index is -0.811. The third kappa shape index (κ3) is 6.67. The van der Waals surface area contributed by atoms with E-state index in [0.717, 1.165) is 67.0 Å². The molecule has 0 saturated heterocycles. The highest BCUT2D eigenvalue weighted by atomic mass is 19.1. The minimum absolute atomic E-state index is 0.291. The van der Waals surface area contributed by atoms with Crippen LogP contribution in [-0.2, 0) is 0 Å². The molecule has 216 valence electrons. The number of benzene rings is 1. The summed E-state index contributed by atoms with van der Waals surface area (Å²) in [7, 11) is 0. The average Bonchev–Trinajstić information content (AvgIpc) is 2.95. The summed E-state index contributed by atoms with van der Waals surface area (Å²) in [6.07, 6.45) is 13.7. The van der Waals surface area contributed by atoms with Gasteiger partial charge in [-0.3, -0.25) is 4.90 Å². The largest absolute Gasteiger partial charge is 0.382 e. The van der Waals surface area contributed by atoms with E-state index in [1.54, 1.807) is 6.08 Å². The molecule has 7 heteroatoms. The molecule has 0 unspecified atom stereocenters. The highest BCUT2D eigenvalue weighted by Gasteiger charge is 2.30. The van der Waals surface area contributed by atoms with Gasteiger partial charge in [0.05, 0.1) is 5.69 Å². The van der Waals surface area contributed by atoms with Gasteiger partial charge < -0.3 is 10.6 Å². The number of rotatable bonds is 13. The van der Waals surface area contributed by atoms with Crippen LogP contribution in [0.4, 0.5) is 20.5 Å². The van der Waals surface area contributed by atoms with Crippen molar-refractivity contribution in [2.45, 2.75) is 71.8 Å². The zero-order chi connectivity index (χ0) is 29.5. The fourth-order valence-corrected chi connectivity index (χ4v) is 4.97. The number of allylic oxidation sites excluding steroid dienone is 5. The van der Waals surface area contributed by atoms with E-state index >= 15 is 8.78 Å². The smallest absolute Gasteiger partial charge is 0.225 e. The second kappa shape index (κ2) is 13.6. The monoisotopic (exact) mass is 557 g/mol. The maximum absolute atomic E-state index is 15.2. The summed E-state index contributed by atoms with van der Waals surface area (Å²) >= 11 is 0. The lowest BCUT2D eigenvalue weighted by atomic mass is 9.92. The van der Waals surface area contributed by atoms with Gasteiger partial charge in [-0.2, -0.15) is 4.98 Å². The molecule has 0 spiro atoms. The molecule has 1 aliphatic heterocycles. The quantitative estimate of drug-likeness (QED) is 0.190. The molecule has 0 atom stereocenters. The number of nitrogens with one attached hydrogen (secondary N) is 2. The second-order valence-electron chi connectivity index (χ2n) is 10.6. The van der Waals surface area contributed by atoms with Crippen molar-refractivity contribution in [3.05, 3.63) is 95.9 Å². The zero-order valence-corrected chi connectivity index (χ0v) is 24.5. The average molecular weight is 558 g/mol. The number of aryl methyl sites for hydroxylation is 1. The lowest BCUT2D eigenvalue weighted by Gasteiger charge is -2.31. The highest BCUT2D eigenvalue weighted by Crippen LogP contribution is 2.41. The maximum atomic E-state index is 15.2. The Balaban J connectivity index is 1.86. The normalized spacial score (nSPS) is 15.7. The number of fused-ring (bicyclic) bond motifs is 1. The molecule has 1 saturated carbocycles. The Bertz CT molecular complexity index is 1410. The first-order chi connectivity index (χ1) is 19.8. The van der Waals surface area contributed by atoms with Gasteiger partial charge in [0, 0.05) is 35.1 Å². The SMILES string of the molecule is C=C/C(F)=C(\C(F)=C/C)N1C(=C)C=Cc2c(-c3cc(C(=C)NC4CCC4)ccc3C)nc(NCCCCCC)nc21. The van der Waals surface area contributed by atoms with Crippen molar-refractivity contribution >= 4 is 23.5 Å². The van der Waals surface area contributed by atoms with Crippen LogP contribution in [0.1, 0.15) is 75.5 Å². The van der Waals surface area contributed by atoms with Gasteiger partial charge in [0.15, 0.2) is 5.82 Å². The molecule has 1 aromatic carbocycles. The molecule has 1 aliphatic carbocycles. The van der Waals surface area contributed by atoms with E-state index in [1.807, 2.05) is 13.0 Å². The van der Waals surface area contributed by atoms with Crippen molar-refractivity contribution in [2.75, 3.05) is 16.8 Å². The van der Waals surface area contributed by atoms with Crippen LogP contribution in [0.25, 0.3) is 23.0 Å². The standard InChI is InChI=1S/C34H41F2N5/c1-7-10-11-12-20-37-34-39-31(28-21-25(18-16-22(28)4)24(6)38-26-14-13-15-26)27-19-17-23(5)41(33(27)40-34)32(29(35)8-2)30(36)9-3/h8-9,16-19,21,26,38H,2,5-7,10-15,20H2,1,3-4H3,(H,37,39,40)/b30-9+,32-29-. The van der Waals surface area contributed by atoms with Crippen molar-refractivity contribution < 1.29 is 8.78 Å². The summed E-state index contributed by atoms with van der Waals surface area (Å²) in [5.41, 5.74) is 5.14. The molecule has 2 aliphatic rings. The van der Waals surface area contributed by atoms with E-state index in [-0.39, 0.29) is 5.70 Å². The van der Waals surface area contributed by atoms with E-state index < -0.39 is 11.7 Å². The van der Waals surface area contributed by atoms with Gasteiger partial charge in [-0.25, -0.2) is 13.8 Å². The maximum Gasteiger partial charge on any atom is 0.225 e. The van der Waals surface area contributed by atoms with Crippen LogP contribution < -0.4 is 15.5 Å². The van der Waals surface area contributed by atoms with Crippen LogP contribution in [0.15, 0.2) is 79.2 Å². The van der Waals surface area contributed by atoms with Crippen molar-refractivity contribution in [1.82, 2.24) is 15.3 Å². The Morgan fingerprint density at radius 2 is 1.93 bits per heavy atom. The lowest BCUT2D eigenvalue weighted by Crippen LogP contribution is -2.33. The molecule has 0 amide bonds. The van der Waals surface area contributed by atoms with Gasteiger partial charge in [0.2, 0.25) is 5.95 Å². The van der Waals surface area contributed by atoms with Crippen molar-refractivity contribution in [3.63, 3.8) is 0 Å². The number of nitrogens with zero attached hydrogens (tertiary/aromatic N) is 3. The molecule has 2 aromatic rings. The highest BCUT2D eigenvalue weighted by molar-refractivity contribution is 5.88. The van der Waals surface area contributed by atoms with Gasteiger partial charge in [-0.1, -0.05) is 58.1 Å². The third-order valence-corrected chi connectivity index (χ3v) is 7.61. The summed E-state index contributed by atoms with van der Waals surface area (Å²) in [6.45, 7) is 18.3. The molecule has 5 nitrogen and oxygen atoms in total. The first-order valence-corrected chi connectivity index (χ1v) is 14.5. The lowest BCUT2D eigenvalue weighted by molar-refractivity contribution is 0.378. The molecule has 2 N–H and O–H groups in total. The molecular weight excluding hydrogens is 516 g/mol. The first-order valence-electron chi connectivity index (χ1n) is 14.5. The van der Waals surface area contributed by atoms with Gasteiger partial charge in [0.1, 0.15) is 17.4 Å². The Morgan fingerprint density at radius 1 is 1.15 bits per heavy atom. The van der Waals surface area contributed by atoms with E-state index in [4.69, 9.17) is 9.97 Å². The fraction of sp³-hybridized carbons (Fsp3) is 0.353. The fourth-order valence-electron chi connectivity index (χ4n) is 4.97. The number of unbranched alkanes of at least 4 members (excludes halogenated alkanes) is 3. The van der Waals surface area contributed by atoms with Crippen molar-refractivity contribution in [3.8, 4) is 11.3 Å². The third-order valence-electron chi connectivity index (χ3n) is 7.61. The molecule has 41 heavy (non-hydrogen) atoms. The van der Waals surface area contributed by atoms with Crippen LogP contribution in [0.2, 0.25) is 0 Å². The van der Waals surface area contributed by atoms with Crippen molar-refractivity contribution in [2.24, 2.45) is 0 Å². The van der Waals surface area contributed by atoms with Crippen LogP contribution in [-0.4, -0.2) is 22.6 Å². The Hall–Kier alpha value is -4.00. The van der Waals surface area contributed by atoms with Gasteiger partial charge in [-0.05, 0) is 81.0 Å². The van der Waals surface area contributed by atoms with Gasteiger partial charge >= 0.3 is 0 Å². The molecule has 4 rings (SSSR count). The number of halogens is 2. The van der Waals surface area contributed by atoms with Crippen LogP contribution in [0.3, 0.4) is 0 Å². The molecule has 1 aromatic heterocycles. The van der Waals surface area contributed by atoms with E-state index in [9.17, 15) is 0 Å². The minimum Gasteiger partial charge on any atom is -0.382 e. The summed E-state index contributed by atoms with van der Waals surface area (Å²) in [4.78, 5) is 11.1.